The smallest absolute Gasteiger partial charge is 0.143 e. The molecule has 0 bridgehead atoms. The topological polar surface area (TPSA) is 164 Å². The Morgan fingerprint density at radius 3 is 0.917 bits per heavy atom. The van der Waals surface area contributed by atoms with Crippen molar-refractivity contribution in [1.29, 1.82) is 0 Å². The Morgan fingerprint density at radius 2 is 0.583 bits per heavy atom. The van der Waals surface area contributed by atoms with E-state index in [4.69, 9.17) is 0 Å². The molecular formula is C48H38N10O2. The fourth-order valence-electron chi connectivity index (χ4n) is 6.42. The fraction of sp³-hybridized carbons (Fsp3) is 0.0833. The monoisotopic (exact) mass is 786 g/mol. The Morgan fingerprint density at radius 1 is 0.300 bits per heavy atom. The van der Waals surface area contributed by atoms with E-state index < -0.39 is 0 Å². The second kappa shape index (κ2) is 17.2. The summed E-state index contributed by atoms with van der Waals surface area (Å²) in [5.74, 6) is 0.151. The van der Waals surface area contributed by atoms with Gasteiger partial charge in [-0.3, -0.25) is 0 Å². The molecule has 0 saturated carbocycles. The van der Waals surface area contributed by atoms with Gasteiger partial charge >= 0.3 is 0 Å². The average Bonchev–Trinajstić information content (AvgIpc) is 3.26. The van der Waals surface area contributed by atoms with Crippen molar-refractivity contribution in [2.45, 2.75) is 27.7 Å². The van der Waals surface area contributed by atoms with Gasteiger partial charge in [-0.2, -0.15) is 40.9 Å². The quantitative estimate of drug-likeness (QED) is 0.132. The van der Waals surface area contributed by atoms with Crippen molar-refractivity contribution in [1.82, 2.24) is 0 Å². The Balaban J connectivity index is 0.879. The Labute approximate surface area is 345 Å². The van der Waals surface area contributed by atoms with Crippen LogP contribution in [0.5, 0.6) is 11.5 Å². The van der Waals surface area contributed by atoms with Crippen LogP contribution in [-0.2, 0) is 0 Å². The lowest BCUT2D eigenvalue weighted by atomic mass is 10.1. The van der Waals surface area contributed by atoms with Crippen LogP contribution in [0.25, 0.3) is 21.5 Å². The number of phenolic OH excluding ortho intramolecular Hbond substituents is 2. The van der Waals surface area contributed by atoms with Crippen molar-refractivity contribution < 1.29 is 10.2 Å². The first kappa shape index (κ1) is 38.7. The number of rotatable bonds is 10. The highest BCUT2D eigenvalue weighted by Gasteiger charge is 2.10. The van der Waals surface area contributed by atoms with Gasteiger partial charge in [-0.25, -0.2) is 0 Å². The standard InChI is InChI=1S/C48H38N10O2/c1-29-27-43(55-57-47-39-11-7-5-9-33(39)13-23-45(47)59)31(3)25-41(29)53-51-37-19-15-35(16-20-37)49-50-36-17-21-38(22-18-36)52-54-42-26-32(4)44(28-30(42)2)56-58-48-40-12-8-6-10-34(40)14-24-46(48)60/h5-28,59-60H,1-4H3. The lowest BCUT2D eigenvalue weighted by Crippen LogP contribution is -1.80. The van der Waals surface area contributed by atoms with Crippen LogP contribution in [0.1, 0.15) is 22.3 Å². The number of aryl methyl sites for hydroxylation is 4. The molecule has 0 spiro atoms. The molecule has 0 amide bonds. The predicted molar refractivity (Wildman–Crippen MR) is 237 cm³/mol. The molecular weight excluding hydrogens is 749 g/mol. The van der Waals surface area contributed by atoms with Crippen LogP contribution >= 0.6 is 0 Å². The summed E-state index contributed by atoms with van der Waals surface area (Å²) in [7, 11) is 0. The van der Waals surface area contributed by atoms with Crippen LogP contribution < -0.4 is 0 Å². The van der Waals surface area contributed by atoms with Crippen LogP contribution in [0.4, 0.5) is 56.9 Å². The van der Waals surface area contributed by atoms with E-state index in [2.05, 4.69) is 51.1 Å². The number of hydrogen-bond acceptors (Lipinski definition) is 12. The second-order valence-corrected chi connectivity index (χ2v) is 14.2. The molecule has 8 rings (SSSR count). The summed E-state index contributed by atoms with van der Waals surface area (Å²) >= 11 is 0. The third-order valence-electron chi connectivity index (χ3n) is 9.83. The van der Waals surface area contributed by atoms with Crippen LogP contribution in [0, 0.1) is 27.7 Å². The van der Waals surface area contributed by atoms with E-state index in [1.165, 1.54) is 0 Å². The third kappa shape index (κ3) is 8.72. The molecule has 2 N–H and O–H groups in total. The second-order valence-electron chi connectivity index (χ2n) is 14.2. The molecule has 0 radical (unpaired) electrons. The average molecular weight is 787 g/mol. The van der Waals surface area contributed by atoms with E-state index in [1.54, 1.807) is 12.1 Å². The highest BCUT2D eigenvalue weighted by Crippen LogP contribution is 2.39. The van der Waals surface area contributed by atoms with Crippen LogP contribution in [-0.4, -0.2) is 10.2 Å². The molecule has 0 aliphatic heterocycles. The maximum absolute atomic E-state index is 10.5. The van der Waals surface area contributed by atoms with E-state index in [0.717, 1.165) is 43.8 Å². The summed E-state index contributed by atoms with van der Waals surface area (Å²) in [5.41, 5.74) is 9.85. The van der Waals surface area contributed by atoms with Gasteiger partial charge in [0.25, 0.3) is 0 Å². The van der Waals surface area contributed by atoms with Crippen LogP contribution in [0.2, 0.25) is 0 Å². The minimum absolute atomic E-state index is 0.0753. The lowest BCUT2D eigenvalue weighted by Gasteiger charge is -2.06. The van der Waals surface area contributed by atoms with E-state index in [-0.39, 0.29) is 11.5 Å². The SMILES string of the molecule is Cc1cc(N=Nc2c(O)ccc3ccccc23)c(C)cc1N=Nc1ccc(N=Nc2ccc(N=Nc3cc(C)c(N=Nc4c(O)ccc5ccccc45)cc3C)cc2)cc1. The van der Waals surface area contributed by atoms with Gasteiger partial charge in [0.2, 0.25) is 0 Å². The zero-order chi connectivity index (χ0) is 41.6. The summed E-state index contributed by atoms with van der Waals surface area (Å²) in [6.45, 7) is 7.76. The molecule has 0 aromatic heterocycles. The van der Waals surface area contributed by atoms with E-state index in [1.807, 2.05) is 161 Å². The highest BCUT2D eigenvalue weighted by atomic mass is 16.3. The first-order valence-electron chi connectivity index (χ1n) is 19.1. The van der Waals surface area contributed by atoms with Gasteiger partial charge in [-0.1, -0.05) is 60.7 Å². The summed E-state index contributed by atoms with van der Waals surface area (Å²) < 4.78 is 0. The van der Waals surface area contributed by atoms with Crippen LogP contribution in [0.3, 0.4) is 0 Å². The van der Waals surface area contributed by atoms with Gasteiger partial charge in [0.15, 0.2) is 0 Å². The number of benzene rings is 8. The molecule has 0 aliphatic carbocycles. The van der Waals surface area contributed by atoms with Gasteiger partial charge in [-0.05, 0) is 146 Å². The van der Waals surface area contributed by atoms with Gasteiger partial charge in [0, 0.05) is 10.8 Å². The van der Waals surface area contributed by atoms with Gasteiger partial charge in [-0.15, -0.1) is 10.2 Å². The largest absolute Gasteiger partial charge is 0.506 e. The summed E-state index contributed by atoms with van der Waals surface area (Å²) in [6.07, 6.45) is 0. The van der Waals surface area contributed by atoms with Crippen LogP contribution in [0.15, 0.2) is 197 Å². The molecule has 0 atom stereocenters. The Bertz CT molecular complexity index is 2840. The molecule has 292 valence electrons. The number of fused-ring (bicyclic) bond motifs is 2. The minimum atomic E-state index is 0.0753. The molecule has 0 aliphatic rings. The lowest BCUT2D eigenvalue weighted by molar-refractivity contribution is 0.476. The zero-order valence-electron chi connectivity index (χ0n) is 33.2. The molecule has 0 saturated heterocycles. The van der Waals surface area contributed by atoms with E-state index in [0.29, 0.717) is 56.9 Å². The van der Waals surface area contributed by atoms with Gasteiger partial charge < -0.3 is 10.2 Å². The number of aromatic hydroxyl groups is 2. The number of nitrogens with zero attached hydrogens (tertiary/aromatic N) is 10. The number of hydrogen-bond donors (Lipinski definition) is 2. The molecule has 12 heteroatoms. The molecule has 8 aromatic rings. The molecule has 0 heterocycles. The molecule has 0 unspecified atom stereocenters. The maximum Gasteiger partial charge on any atom is 0.143 e. The normalized spacial score (nSPS) is 12.1. The highest BCUT2D eigenvalue weighted by molar-refractivity contribution is 5.96. The summed E-state index contributed by atoms with van der Waals surface area (Å²) in [6, 6.07) is 44.7. The first-order valence-corrected chi connectivity index (χ1v) is 19.1. The number of phenols is 2. The molecule has 0 fully saturated rings. The molecule has 8 aromatic carbocycles. The molecule has 60 heavy (non-hydrogen) atoms. The zero-order valence-corrected chi connectivity index (χ0v) is 33.2. The predicted octanol–water partition coefficient (Wildman–Crippen LogP) is 16.7. The Kier molecular flexibility index (Phi) is 11.1. The van der Waals surface area contributed by atoms with Crippen molar-refractivity contribution >= 4 is 78.4 Å². The van der Waals surface area contributed by atoms with Gasteiger partial charge in [0.05, 0.1) is 45.5 Å². The maximum atomic E-state index is 10.5. The van der Waals surface area contributed by atoms with E-state index >= 15 is 0 Å². The third-order valence-corrected chi connectivity index (χ3v) is 9.83. The fourth-order valence-corrected chi connectivity index (χ4v) is 6.42. The summed E-state index contributed by atoms with van der Waals surface area (Å²) in [5, 5.41) is 68.8. The molecule has 12 nitrogen and oxygen atoms in total. The first-order chi connectivity index (χ1) is 29.2. The van der Waals surface area contributed by atoms with Crippen molar-refractivity contribution in [3.05, 3.63) is 168 Å². The van der Waals surface area contributed by atoms with E-state index in [9.17, 15) is 10.2 Å². The van der Waals surface area contributed by atoms with Crippen molar-refractivity contribution in [3.63, 3.8) is 0 Å². The number of azo groups is 5. The summed E-state index contributed by atoms with van der Waals surface area (Å²) in [4.78, 5) is 0. The minimum Gasteiger partial charge on any atom is -0.506 e. The van der Waals surface area contributed by atoms with Crippen molar-refractivity contribution in [3.8, 4) is 11.5 Å². The van der Waals surface area contributed by atoms with Crippen molar-refractivity contribution in [2.24, 2.45) is 51.1 Å². The van der Waals surface area contributed by atoms with Crippen molar-refractivity contribution in [2.75, 3.05) is 0 Å². The Hall–Kier alpha value is -8.12. The van der Waals surface area contributed by atoms with Gasteiger partial charge in [0.1, 0.15) is 22.9 Å².